The summed E-state index contributed by atoms with van der Waals surface area (Å²) in [6.07, 6.45) is 10.7. The number of ether oxygens (including phenoxy) is 4. The number of thiophene rings is 1. The van der Waals surface area contributed by atoms with Crippen molar-refractivity contribution in [1.82, 2.24) is 34.7 Å². The molecule has 3 aromatic heterocycles. The van der Waals surface area contributed by atoms with Gasteiger partial charge in [0.1, 0.15) is 41.3 Å². The van der Waals surface area contributed by atoms with Crippen LogP contribution in [0.15, 0.2) is 53.2 Å². The van der Waals surface area contributed by atoms with Crippen molar-refractivity contribution in [3.8, 4) is 16.9 Å². The predicted molar refractivity (Wildman–Crippen MR) is 203 cm³/mol. The average molecular weight is 805 g/mol. The minimum atomic E-state index is -1.18. The Hall–Kier alpha value is -5.13. The third-order valence-electron chi connectivity index (χ3n) is 10.5. The molecule has 0 spiro atoms. The van der Waals surface area contributed by atoms with Gasteiger partial charge in [-0.1, -0.05) is 24.4 Å². The Bertz CT molecular complexity index is 2140. The third kappa shape index (κ3) is 8.06. The summed E-state index contributed by atoms with van der Waals surface area (Å²) in [5.41, 5.74) is 2.71. The fourth-order valence-electron chi connectivity index (χ4n) is 7.82. The Labute approximate surface area is 331 Å². The lowest BCUT2D eigenvalue weighted by atomic mass is 9.98. The number of aliphatic imine (C=N–C) groups is 1. The van der Waals surface area contributed by atoms with Gasteiger partial charge >= 0.3 is 18.2 Å². The molecule has 1 saturated heterocycles. The second-order valence-electron chi connectivity index (χ2n) is 14.3. The minimum Gasteiger partial charge on any atom is -0.446 e. The topological polar surface area (TPSA) is 185 Å². The first-order chi connectivity index (χ1) is 27.2. The second kappa shape index (κ2) is 16.5. The molecule has 8 rings (SSSR count). The Kier molecular flexibility index (Phi) is 11.2. The van der Waals surface area contributed by atoms with Crippen LogP contribution >= 0.6 is 22.9 Å². The number of aliphatic hydroxyl groups excluding tert-OH is 1. The molecular formula is C38H41ClN8O8S. The summed E-state index contributed by atoms with van der Waals surface area (Å²) in [7, 11) is 0. The summed E-state index contributed by atoms with van der Waals surface area (Å²) < 4.78 is 25.0. The number of nitrogens with zero attached hydrogens (tertiary/aromatic N) is 8. The van der Waals surface area contributed by atoms with Crippen molar-refractivity contribution in [3.05, 3.63) is 69.5 Å². The van der Waals surface area contributed by atoms with E-state index in [-0.39, 0.29) is 17.1 Å². The summed E-state index contributed by atoms with van der Waals surface area (Å²) >= 11 is 7.51. The number of aliphatic hydroxyl groups is 1. The van der Waals surface area contributed by atoms with Gasteiger partial charge < -0.3 is 29.0 Å². The zero-order valence-corrected chi connectivity index (χ0v) is 32.2. The molecule has 4 aromatic rings. The van der Waals surface area contributed by atoms with Crippen molar-refractivity contribution in [1.29, 1.82) is 0 Å². The maximum absolute atomic E-state index is 14.1. The quantitative estimate of drug-likeness (QED) is 0.1000. The van der Waals surface area contributed by atoms with Gasteiger partial charge in [-0.15, -0.1) is 16.4 Å². The first-order valence-electron chi connectivity index (χ1n) is 19.0. The van der Waals surface area contributed by atoms with Crippen LogP contribution in [-0.4, -0.2) is 88.5 Å². The van der Waals surface area contributed by atoms with Gasteiger partial charge in [-0.25, -0.2) is 28.9 Å². The minimum absolute atomic E-state index is 0.195. The van der Waals surface area contributed by atoms with Crippen LogP contribution in [0.5, 0.6) is 0 Å². The highest BCUT2D eigenvalue weighted by Crippen LogP contribution is 2.41. The van der Waals surface area contributed by atoms with Crippen molar-refractivity contribution in [2.45, 2.75) is 115 Å². The molecule has 0 bridgehead atoms. The number of imidazole rings is 1. The molecule has 4 aliphatic rings. The molecule has 56 heavy (non-hydrogen) atoms. The Morgan fingerprint density at radius 3 is 2.45 bits per heavy atom. The van der Waals surface area contributed by atoms with Crippen LogP contribution in [0.3, 0.4) is 0 Å². The average Bonchev–Trinajstić information content (AvgIpc) is 4.02. The fraction of sp³-hybridized carbons (Fsp3) is 0.474. The molecular weight excluding hydrogens is 764 g/mol. The maximum Gasteiger partial charge on any atom is 0.511 e. The van der Waals surface area contributed by atoms with Crippen molar-refractivity contribution in [3.63, 3.8) is 0 Å². The number of aromatic nitrogens is 6. The molecule has 0 radical (unpaired) electrons. The summed E-state index contributed by atoms with van der Waals surface area (Å²) in [6.45, 7) is 1.45. The van der Waals surface area contributed by atoms with E-state index in [2.05, 4.69) is 15.5 Å². The van der Waals surface area contributed by atoms with E-state index in [0.717, 1.165) is 75.5 Å². The number of hydrogen-bond donors (Lipinski definition) is 1. The van der Waals surface area contributed by atoms with Crippen LogP contribution in [0, 0.1) is 0 Å². The van der Waals surface area contributed by atoms with Crippen LogP contribution in [0.2, 0.25) is 5.02 Å². The molecule has 5 heterocycles. The van der Waals surface area contributed by atoms with E-state index < -0.39 is 36.8 Å². The van der Waals surface area contributed by atoms with Crippen molar-refractivity contribution in [2.24, 2.45) is 4.99 Å². The van der Waals surface area contributed by atoms with E-state index in [9.17, 15) is 19.5 Å². The van der Waals surface area contributed by atoms with E-state index in [1.54, 1.807) is 46.8 Å². The highest BCUT2D eigenvalue weighted by atomic mass is 35.5. The number of tetrazole rings is 1. The van der Waals surface area contributed by atoms with E-state index in [0.29, 0.717) is 57.7 Å². The lowest BCUT2D eigenvalue weighted by molar-refractivity contribution is -0.0913. The molecule has 1 N–H and O–H groups in total. The molecule has 0 amide bonds. The summed E-state index contributed by atoms with van der Waals surface area (Å²) in [6, 6.07) is 6.31. The number of halogens is 1. The van der Waals surface area contributed by atoms with Crippen LogP contribution in [0.1, 0.15) is 111 Å². The number of amidine groups is 1. The van der Waals surface area contributed by atoms with Crippen LogP contribution in [0.25, 0.3) is 22.6 Å². The van der Waals surface area contributed by atoms with Gasteiger partial charge in [0.05, 0.1) is 29.3 Å². The highest BCUT2D eigenvalue weighted by molar-refractivity contribution is 7.12. The van der Waals surface area contributed by atoms with Crippen molar-refractivity contribution >= 4 is 52.7 Å². The molecule has 294 valence electrons. The zero-order chi connectivity index (χ0) is 38.8. The Balaban J connectivity index is 1.04. The first kappa shape index (κ1) is 37.8. The monoisotopic (exact) mass is 804 g/mol. The van der Waals surface area contributed by atoms with E-state index in [1.165, 1.54) is 22.5 Å². The third-order valence-corrected chi connectivity index (χ3v) is 11.6. The summed E-state index contributed by atoms with van der Waals surface area (Å²) in [5, 5.41) is 25.4. The Morgan fingerprint density at radius 2 is 1.71 bits per heavy atom. The second-order valence-corrected chi connectivity index (χ2v) is 15.6. The Morgan fingerprint density at radius 1 is 0.964 bits per heavy atom. The number of benzene rings is 1. The number of rotatable bonds is 9. The number of fused-ring (bicyclic) bond motifs is 1. The maximum atomic E-state index is 14.1. The summed E-state index contributed by atoms with van der Waals surface area (Å²) in [5.74, 6) is 0.278. The largest absolute Gasteiger partial charge is 0.511 e. The summed E-state index contributed by atoms with van der Waals surface area (Å²) in [4.78, 5) is 51.3. The first-order valence-corrected chi connectivity index (χ1v) is 20.2. The number of esters is 1. The molecule has 2 aliphatic heterocycles. The van der Waals surface area contributed by atoms with Gasteiger partial charge in [-0.05, 0) is 98.6 Å². The highest BCUT2D eigenvalue weighted by Gasteiger charge is 2.41. The van der Waals surface area contributed by atoms with Gasteiger partial charge in [-0.3, -0.25) is 0 Å². The molecule has 3 fully saturated rings. The van der Waals surface area contributed by atoms with Crippen LogP contribution in [-0.2, 0) is 18.9 Å². The van der Waals surface area contributed by atoms with Crippen LogP contribution < -0.4 is 0 Å². The van der Waals surface area contributed by atoms with E-state index >= 15 is 0 Å². The lowest BCUT2D eigenvalue weighted by Gasteiger charge is -2.33. The number of carbonyl (C=O) groups excluding carboxylic acids is 3. The zero-order valence-electron chi connectivity index (χ0n) is 30.7. The van der Waals surface area contributed by atoms with Crippen molar-refractivity contribution in [2.75, 3.05) is 0 Å². The van der Waals surface area contributed by atoms with E-state index in [1.807, 2.05) is 0 Å². The van der Waals surface area contributed by atoms with Gasteiger partial charge in [0.25, 0.3) is 0 Å². The molecule has 2 aliphatic carbocycles. The van der Waals surface area contributed by atoms with Gasteiger partial charge in [-0.2, -0.15) is 4.68 Å². The SMILES string of the molecule is CC(OC(=O)OC1CCCCC1)OC(=O)c1cc(-c2cnc([C@@H]3CCC4=NC(c5cc(Cl)ccc5-n5cnnn5)=CC(O)N43)n2C(=O)OC2CCCCC2)cs1. The standard InChI is InChI=1S/C38H41ClN8O8S/c1-22(53-38(51)55-26-10-6-3-7-11-26)52-36(49)32-16-23(20-56-32)31-19-40-35(47(31)37(50)54-25-8-4-2-5-9-25)30-14-15-33-42-28(18-34(48)46(30)33)27-17-24(39)12-13-29(27)45-21-41-43-44-45/h12-13,16-22,25-26,30,34,48H,2-11,14-15H2,1H3/t22?,30-,34?/m0/s1. The molecule has 2 unspecified atom stereocenters. The molecule has 3 atom stereocenters. The molecule has 1 aromatic carbocycles. The fourth-order valence-corrected chi connectivity index (χ4v) is 8.77. The number of hydrogen-bond acceptors (Lipinski definition) is 15. The molecule has 18 heteroatoms. The smallest absolute Gasteiger partial charge is 0.446 e. The lowest BCUT2D eigenvalue weighted by Crippen LogP contribution is -2.40. The van der Waals surface area contributed by atoms with Gasteiger partial charge in [0.2, 0.25) is 6.29 Å². The molecule has 16 nitrogen and oxygen atoms in total. The number of carbonyl (C=O) groups is 3. The van der Waals surface area contributed by atoms with Crippen LogP contribution in [0.4, 0.5) is 9.59 Å². The van der Waals surface area contributed by atoms with E-state index in [4.69, 9.17) is 40.5 Å². The molecule has 2 saturated carbocycles. The normalized spacial score (nSPS) is 20.8. The van der Waals surface area contributed by atoms with Gasteiger partial charge in [0, 0.05) is 34.9 Å². The van der Waals surface area contributed by atoms with Gasteiger partial charge in [0.15, 0.2) is 0 Å². The van der Waals surface area contributed by atoms with Crippen molar-refractivity contribution < 1.29 is 38.4 Å². The predicted octanol–water partition coefficient (Wildman–Crippen LogP) is 7.46.